The second-order valence-corrected chi connectivity index (χ2v) is 7.97. The van der Waals surface area contributed by atoms with Crippen LogP contribution in [-0.2, 0) is 25.8 Å². The first kappa shape index (κ1) is 14.4. The van der Waals surface area contributed by atoms with Gasteiger partial charge in [-0.05, 0) is 17.7 Å². The summed E-state index contributed by atoms with van der Waals surface area (Å²) in [4.78, 5) is 0. The summed E-state index contributed by atoms with van der Waals surface area (Å²) < 4.78 is 46.2. The minimum Gasteiger partial charge on any atom is -0.283 e. The molecule has 0 saturated carbocycles. The summed E-state index contributed by atoms with van der Waals surface area (Å²) in [6, 6.07) is 5.94. The van der Waals surface area contributed by atoms with E-state index < -0.39 is 20.0 Å². The summed E-state index contributed by atoms with van der Waals surface area (Å²) in [5.74, 6) is -0.279. The molecule has 0 atom stereocenters. The Labute approximate surface area is 108 Å². The summed E-state index contributed by atoms with van der Waals surface area (Å²) in [6.07, 6.45) is 0. The third-order valence-corrected chi connectivity index (χ3v) is 5.12. The lowest BCUT2D eigenvalue weighted by atomic mass is 10.2. The van der Waals surface area contributed by atoms with E-state index in [9.17, 15) is 16.8 Å². The summed E-state index contributed by atoms with van der Waals surface area (Å²) in [5.41, 5.74) is 0.858. The molecule has 17 heavy (non-hydrogen) atoms. The lowest BCUT2D eigenvalue weighted by molar-refractivity contribution is 0.596. The molecule has 9 heteroatoms. The maximum Gasteiger partial charge on any atom is 0.242 e. The number of primary sulfonamides is 1. The van der Waals surface area contributed by atoms with Gasteiger partial charge in [0, 0.05) is 5.69 Å². The smallest absolute Gasteiger partial charge is 0.242 e. The first-order valence-corrected chi connectivity index (χ1v) is 8.87. The van der Waals surface area contributed by atoms with Crippen molar-refractivity contribution in [3.8, 4) is 0 Å². The highest BCUT2D eigenvalue weighted by Crippen LogP contribution is 2.13. The number of alkyl halides is 1. The third-order valence-electron chi connectivity index (χ3n) is 1.74. The predicted molar refractivity (Wildman–Crippen MR) is 69.6 cm³/mol. The largest absolute Gasteiger partial charge is 0.283 e. The molecule has 1 aromatic rings. The number of halogens is 1. The Morgan fingerprint density at radius 1 is 1.12 bits per heavy atom. The van der Waals surface area contributed by atoms with Gasteiger partial charge in [-0.25, -0.2) is 22.0 Å². The SMILES string of the molecule is NS(=O)(=O)Cc1ccc(NS(=O)(=O)CBr)cc1. The van der Waals surface area contributed by atoms with Gasteiger partial charge in [0.05, 0.1) is 5.75 Å². The second-order valence-electron chi connectivity index (χ2n) is 3.33. The van der Waals surface area contributed by atoms with Gasteiger partial charge in [0.25, 0.3) is 0 Å². The summed E-state index contributed by atoms with van der Waals surface area (Å²) >= 11 is 2.84. The van der Waals surface area contributed by atoms with Crippen LogP contribution in [0.5, 0.6) is 0 Å². The van der Waals surface area contributed by atoms with Gasteiger partial charge < -0.3 is 0 Å². The van der Waals surface area contributed by atoms with Gasteiger partial charge in [-0.2, -0.15) is 0 Å². The zero-order valence-corrected chi connectivity index (χ0v) is 11.8. The van der Waals surface area contributed by atoms with Crippen molar-refractivity contribution >= 4 is 41.7 Å². The van der Waals surface area contributed by atoms with Gasteiger partial charge >= 0.3 is 0 Å². The van der Waals surface area contributed by atoms with Crippen molar-refractivity contribution in [2.75, 3.05) is 9.38 Å². The van der Waals surface area contributed by atoms with Crippen LogP contribution < -0.4 is 9.86 Å². The van der Waals surface area contributed by atoms with E-state index in [1.54, 1.807) is 0 Å². The highest BCUT2D eigenvalue weighted by atomic mass is 79.9. The number of sulfonamides is 2. The summed E-state index contributed by atoms with van der Waals surface area (Å²) in [7, 11) is -6.97. The van der Waals surface area contributed by atoms with Crippen molar-refractivity contribution in [3.63, 3.8) is 0 Å². The van der Waals surface area contributed by atoms with Crippen LogP contribution in [0.3, 0.4) is 0 Å². The average molecular weight is 343 g/mol. The maximum atomic E-state index is 11.2. The number of hydrogen-bond donors (Lipinski definition) is 2. The fraction of sp³-hybridized carbons (Fsp3) is 0.250. The van der Waals surface area contributed by atoms with Crippen molar-refractivity contribution in [2.45, 2.75) is 5.75 Å². The van der Waals surface area contributed by atoms with Crippen LogP contribution >= 0.6 is 15.9 Å². The summed E-state index contributed by atoms with van der Waals surface area (Å²) in [6.45, 7) is 0. The molecule has 3 N–H and O–H groups in total. The number of nitrogens with two attached hydrogens (primary N) is 1. The van der Waals surface area contributed by atoms with Crippen LogP contribution in [0.1, 0.15) is 5.56 Å². The van der Waals surface area contributed by atoms with E-state index >= 15 is 0 Å². The Kier molecular flexibility index (Phi) is 4.53. The van der Waals surface area contributed by atoms with Crippen molar-refractivity contribution in [1.29, 1.82) is 0 Å². The van der Waals surface area contributed by atoms with E-state index in [-0.39, 0.29) is 10.4 Å². The van der Waals surface area contributed by atoms with Crippen LogP contribution in [-0.4, -0.2) is 21.5 Å². The molecular formula is C8H11BrN2O4S2. The lowest BCUT2D eigenvalue weighted by Crippen LogP contribution is -2.15. The quantitative estimate of drug-likeness (QED) is 0.762. The first-order valence-electron chi connectivity index (χ1n) is 4.38. The molecule has 0 amide bonds. The van der Waals surface area contributed by atoms with Crippen molar-refractivity contribution in [1.82, 2.24) is 0 Å². The van der Waals surface area contributed by atoms with Gasteiger partial charge in [-0.1, -0.05) is 28.1 Å². The average Bonchev–Trinajstić information content (AvgIpc) is 2.19. The maximum absolute atomic E-state index is 11.2. The molecular weight excluding hydrogens is 332 g/mol. The highest BCUT2D eigenvalue weighted by molar-refractivity contribution is 9.10. The monoisotopic (exact) mass is 342 g/mol. The summed E-state index contributed by atoms with van der Waals surface area (Å²) in [5, 5.41) is 4.88. The van der Waals surface area contributed by atoms with Crippen LogP contribution in [0.15, 0.2) is 24.3 Å². The zero-order valence-electron chi connectivity index (χ0n) is 8.63. The lowest BCUT2D eigenvalue weighted by Gasteiger charge is -2.06. The fourth-order valence-electron chi connectivity index (χ4n) is 1.11. The topological polar surface area (TPSA) is 106 Å². The van der Waals surface area contributed by atoms with Crippen LogP contribution in [0.2, 0.25) is 0 Å². The van der Waals surface area contributed by atoms with E-state index in [4.69, 9.17) is 5.14 Å². The minimum absolute atomic E-state index is 0.209. The number of nitrogens with one attached hydrogen (secondary N) is 1. The van der Waals surface area contributed by atoms with Gasteiger partial charge in [-0.15, -0.1) is 0 Å². The van der Waals surface area contributed by atoms with Crippen molar-refractivity contribution in [3.05, 3.63) is 29.8 Å². The van der Waals surface area contributed by atoms with E-state index in [0.717, 1.165) is 0 Å². The molecule has 0 heterocycles. The molecule has 0 unspecified atom stereocenters. The van der Waals surface area contributed by atoms with Crippen molar-refractivity contribution in [2.24, 2.45) is 5.14 Å². The molecule has 0 aliphatic rings. The highest BCUT2D eigenvalue weighted by Gasteiger charge is 2.08. The molecule has 0 fully saturated rings. The Hall–Kier alpha value is -0.640. The molecule has 6 nitrogen and oxygen atoms in total. The first-order chi connectivity index (χ1) is 7.72. The van der Waals surface area contributed by atoms with E-state index in [1.165, 1.54) is 24.3 Å². The zero-order chi connectivity index (χ0) is 13.1. The van der Waals surface area contributed by atoms with Crippen LogP contribution in [0.25, 0.3) is 0 Å². The second kappa shape index (κ2) is 5.34. The fourth-order valence-corrected chi connectivity index (χ4v) is 2.66. The number of anilines is 1. The Morgan fingerprint density at radius 2 is 1.65 bits per heavy atom. The van der Waals surface area contributed by atoms with Crippen molar-refractivity contribution < 1.29 is 16.8 Å². The Morgan fingerprint density at radius 3 is 2.06 bits per heavy atom. The molecule has 1 rings (SSSR count). The standard InChI is InChI=1S/C8H11BrN2O4S2/c9-6-17(14,15)11-8-3-1-7(2-4-8)5-16(10,12)13/h1-4,11H,5-6H2,(H2,10,12,13). The minimum atomic E-state index is -3.58. The van der Waals surface area contributed by atoms with E-state index in [1.807, 2.05) is 0 Å². The van der Waals surface area contributed by atoms with Gasteiger partial charge in [0.2, 0.25) is 20.0 Å². The number of benzene rings is 1. The van der Waals surface area contributed by atoms with Gasteiger partial charge in [0.15, 0.2) is 0 Å². The van der Waals surface area contributed by atoms with Gasteiger partial charge in [0.1, 0.15) is 4.66 Å². The number of rotatable bonds is 5. The van der Waals surface area contributed by atoms with Crippen LogP contribution in [0, 0.1) is 0 Å². The molecule has 1 aromatic carbocycles. The van der Waals surface area contributed by atoms with E-state index in [0.29, 0.717) is 11.3 Å². The molecule has 0 aromatic heterocycles. The molecule has 96 valence electrons. The van der Waals surface area contributed by atoms with Gasteiger partial charge in [-0.3, -0.25) is 4.72 Å². The van der Waals surface area contributed by atoms with Crippen LogP contribution in [0.4, 0.5) is 5.69 Å². The molecule has 0 radical (unpaired) electrons. The Bertz CT molecular complexity index is 580. The predicted octanol–water partition coefficient (Wildman–Crippen LogP) is 0.569. The normalized spacial score (nSPS) is 12.4. The molecule has 0 saturated heterocycles. The molecule has 0 spiro atoms. The Balaban J connectivity index is 2.82. The molecule has 0 aliphatic carbocycles. The number of hydrogen-bond acceptors (Lipinski definition) is 4. The van der Waals surface area contributed by atoms with E-state index in [2.05, 4.69) is 20.7 Å². The molecule has 0 bridgehead atoms. The third kappa shape index (κ3) is 5.48. The molecule has 0 aliphatic heterocycles.